The number of esters is 1. The lowest BCUT2D eigenvalue weighted by atomic mass is 10.1. The summed E-state index contributed by atoms with van der Waals surface area (Å²) in [6.45, 7) is 7.02. The number of aromatic nitrogens is 1. The van der Waals surface area contributed by atoms with E-state index in [1.54, 1.807) is 27.7 Å². The van der Waals surface area contributed by atoms with Crippen LogP contribution in [0.15, 0.2) is 17.4 Å². The summed E-state index contributed by atoms with van der Waals surface area (Å²) in [4.78, 5) is 27.6. The second kappa shape index (κ2) is 9.77. The molecule has 1 aromatic heterocycles. The van der Waals surface area contributed by atoms with E-state index in [1.165, 1.54) is 7.05 Å². The van der Waals surface area contributed by atoms with Gasteiger partial charge >= 0.3 is 18.2 Å². The number of amides is 2. The highest BCUT2D eigenvalue weighted by atomic mass is 35.5. The maximum Gasteiger partial charge on any atom is 0.417 e. The number of alkyl halides is 3. The zero-order valence-corrected chi connectivity index (χ0v) is 17.4. The average Bonchev–Trinajstić information content (AvgIpc) is 2.51. The van der Waals surface area contributed by atoms with Crippen molar-refractivity contribution < 1.29 is 27.5 Å². The van der Waals surface area contributed by atoms with Gasteiger partial charge in [-0.05, 0) is 33.8 Å². The Hall–Kier alpha value is -2.56. The number of hydrogen-bond donors (Lipinski definition) is 2. The van der Waals surface area contributed by atoms with Crippen LogP contribution in [-0.2, 0) is 15.7 Å². The van der Waals surface area contributed by atoms with Gasteiger partial charge < -0.3 is 10.1 Å². The van der Waals surface area contributed by atoms with Crippen molar-refractivity contribution in [1.82, 2.24) is 15.6 Å². The Balaban J connectivity index is 3.12. The maximum absolute atomic E-state index is 12.8. The lowest BCUT2D eigenvalue weighted by molar-refractivity contribution is -0.141. The van der Waals surface area contributed by atoms with Gasteiger partial charge in [0.15, 0.2) is 5.82 Å². The number of carbonyl (C=O) groups is 2. The van der Waals surface area contributed by atoms with Gasteiger partial charge in [0.25, 0.3) is 0 Å². The Morgan fingerprint density at radius 3 is 2.41 bits per heavy atom. The van der Waals surface area contributed by atoms with E-state index in [4.69, 9.17) is 16.3 Å². The van der Waals surface area contributed by atoms with Crippen LogP contribution in [0, 0.1) is 0 Å². The molecular formula is C17H23ClF3N5O3. The molecule has 162 valence electrons. The molecule has 0 aliphatic heterocycles. The molecule has 0 saturated heterocycles. The SMILES string of the molecule is CCOC(=O)C/C(=N/N(C)c1ncc(C(F)(F)F)cc1Cl)NC(=O)NC(C)(C)C. The molecule has 8 nitrogen and oxygen atoms in total. The minimum atomic E-state index is -4.60. The van der Waals surface area contributed by atoms with Gasteiger partial charge in [0.05, 0.1) is 17.2 Å². The Morgan fingerprint density at radius 1 is 1.31 bits per heavy atom. The van der Waals surface area contributed by atoms with Crippen molar-refractivity contribution in [2.24, 2.45) is 5.10 Å². The van der Waals surface area contributed by atoms with Crippen molar-refractivity contribution in [3.8, 4) is 0 Å². The fraction of sp³-hybridized carbons (Fsp3) is 0.529. The summed E-state index contributed by atoms with van der Waals surface area (Å²) in [6, 6.07) is 0.0844. The molecule has 29 heavy (non-hydrogen) atoms. The number of halogens is 4. The molecule has 1 heterocycles. The van der Waals surface area contributed by atoms with Gasteiger partial charge in [-0.1, -0.05) is 11.6 Å². The summed E-state index contributed by atoms with van der Waals surface area (Å²) in [5.74, 6) is -0.855. The van der Waals surface area contributed by atoms with E-state index in [0.29, 0.717) is 12.3 Å². The van der Waals surface area contributed by atoms with Crippen LogP contribution in [0.2, 0.25) is 5.02 Å². The molecule has 1 rings (SSSR count). The maximum atomic E-state index is 12.8. The zero-order chi connectivity index (χ0) is 22.4. The summed E-state index contributed by atoms with van der Waals surface area (Å²) >= 11 is 5.90. The number of hydrogen-bond acceptors (Lipinski definition) is 6. The molecule has 0 saturated carbocycles. The highest BCUT2D eigenvalue weighted by Crippen LogP contribution is 2.33. The predicted molar refractivity (Wildman–Crippen MR) is 103 cm³/mol. The Morgan fingerprint density at radius 2 is 1.93 bits per heavy atom. The van der Waals surface area contributed by atoms with E-state index in [0.717, 1.165) is 5.01 Å². The summed E-state index contributed by atoms with van der Waals surface area (Å²) in [7, 11) is 1.36. The fourth-order valence-electron chi connectivity index (χ4n) is 2.01. The van der Waals surface area contributed by atoms with Crippen molar-refractivity contribution in [3.63, 3.8) is 0 Å². The number of hydrazone groups is 1. The molecule has 2 N–H and O–H groups in total. The lowest BCUT2D eigenvalue weighted by Gasteiger charge is -2.22. The average molecular weight is 438 g/mol. The van der Waals surface area contributed by atoms with Gasteiger partial charge in [-0.3, -0.25) is 10.1 Å². The van der Waals surface area contributed by atoms with Crippen LogP contribution in [0.3, 0.4) is 0 Å². The topological polar surface area (TPSA) is 95.9 Å². The number of ether oxygens (including phenoxy) is 1. The highest BCUT2D eigenvalue weighted by molar-refractivity contribution is 6.33. The van der Waals surface area contributed by atoms with Crippen LogP contribution < -0.4 is 15.6 Å². The molecule has 0 atom stereocenters. The van der Waals surface area contributed by atoms with Crippen molar-refractivity contribution in [2.75, 3.05) is 18.7 Å². The first-order valence-electron chi connectivity index (χ1n) is 8.51. The van der Waals surface area contributed by atoms with E-state index < -0.39 is 29.3 Å². The monoisotopic (exact) mass is 437 g/mol. The van der Waals surface area contributed by atoms with Crippen LogP contribution in [0.5, 0.6) is 0 Å². The van der Waals surface area contributed by atoms with Crippen molar-refractivity contribution >= 4 is 35.3 Å². The van der Waals surface area contributed by atoms with Crippen molar-refractivity contribution in [2.45, 2.75) is 45.8 Å². The zero-order valence-electron chi connectivity index (χ0n) is 16.6. The van der Waals surface area contributed by atoms with Crippen LogP contribution in [0.1, 0.15) is 39.7 Å². The Labute approximate surface area is 171 Å². The second-order valence-electron chi connectivity index (χ2n) is 6.91. The number of urea groups is 1. The van der Waals surface area contributed by atoms with Crippen LogP contribution in [0.4, 0.5) is 23.8 Å². The largest absolute Gasteiger partial charge is 0.466 e. The summed E-state index contributed by atoms with van der Waals surface area (Å²) in [6.07, 6.45) is -4.37. The van der Waals surface area contributed by atoms with E-state index in [-0.39, 0.29) is 29.7 Å². The van der Waals surface area contributed by atoms with Crippen LogP contribution in [0.25, 0.3) is 0 Å². The quantitative estimate of drug-likeness (QED) is 0.318. The van der Waals surface area contributed by atoms with E-state index in [1.807, 2.05) is 0 Å². The second-order valence-corrected chi connectivity index (χ2v) is 7.32. The number of nitrogens with one attached hydrogen (secondary N) is 2. The Kier molecular flexibility index (Phi) is 8.25. The third kappa shape index (κ3) is 8.55. The molecule has 0 fully saturated rings. The number of anilines is 1. The number of rotatable bonds is 5. The number of pyridine rings is 1. The third-order valence-corrected chi connectivity index (χ3v) is 3.37. The van der Waals surface area contributed by atoms with Crippen molar-refractivity contribution in [3.05, 3.63) is 22.8 Å². The molecule has 0 aliphatic carbocycles. The standard InChI is InChI=1S/C17H23ClF3N5O3/c1-6-29-13(27)8-12(23-15(28)24-16(2,3)4)25-26(5)14-11(18)7-10(9-22-14)17(19,20)21/h7,9H,6,8H2,1-5H3,(H2,23,24,25,28). The third-order valence-electron chi connectivity index (χ3n) is 3.09. The molecule has 0 aliphatic rings. The molecule has 0 spiro atoms. The smallest absolute Gasteiger partial charge is 0.417 e. The normalized spacial score (nSPS) is 12.4. The van der Waals surface area contributed by atoms with Crippen LogP contribution in [-0.4, -0.2) is 42.0 Å². The summed E-state index contributed by atoms with van der Waals surface area (Å²) < 4.78 is 43.1. The molecular weight excluding hydrogens is 415 g/mol. The first-order chi connectivity index (χ1) is 13.2. The van der Waals surface area contributed by atoms with Crippen LogP contribution >= 0.6 is 11.6 Å². The number of carbonyl (C=O) groups excluding carboxylic acids is 2. The Bertz CT molecular complexity index is 779. The fourth-order valence-corrected chi connectivity index (χ4v) is 2.30. The van der Waals surface area contributed by atoms with E-state index in [9.17, 15) is 22.8 Å². The molecule has 0 radical (unpaired) electrons. The lowest BCUT2D eigenvalue weighted by Crippen LogP contribution is -2.49. The van der Waals surface area contributed by atoms with Crippen molar-refractivity contribution in [1.29, 1.82) is 0 Å². The number of nitrogens with zero attached hydrogens (tertiary/aromatic N) is 3. The number of amidine groups is 1. The van der Waals surface area contributed by atoms with Gasteiger partial charge in [-0.15, -0.1) is 0 Å². The van der Waals surface area contributed by atoms with E-state index in [2.05, 4.69) is 20.7 Å². The molecule has 0 unspecified atom stereocenters. The summed E-state index contributed by atoms with van der Waals surface area (Å²) in [5, 5.41) is 9.85. The van der Waals surface area contributed by atoms with E-state index >= 15 is 0 Å². The predicted octanol–water partition coefficient (Wildman–Crippen LogP) is 3.55. The minimum absolute atomic E-state index is 0.0981. The first kappa shape index (κ1) is 24.5. The van der Waals surface area contributed by atoms with Gasteiger partial charge in [0.2, 0.25) is 0 Å². The van der Waals surface area contributed by atoms with Gasteiger partial charge in [-0.2, -0.15) is 18.3 Å². The highest BCUT2D eigenvalue weighted by Gasteiger charge is 2.32. The molecule has 1 aromatic rings. The minimum Gasteiger partial charge on any atom is -0.466 e. The molecule has 12 heteroatoms. The van der Waals surface area contributed by atoms with Gasteiger partial charge in [-0.25, -0.2) is 14.8 Å². The van der Waals surface area contributed by atoms with Gasteiger partial charge in [0, 0.05) is 18.8 Å². The molecule has 2 amide bonds. The van der Waals surface area contributed by atoms with Gasteiger partial charge in [0.1, 0.15) is 12.3 Å². The summed E-state index contributed by atoms with van der Waals surface area (Å²) in [5.41, 5.74) is -1.57. The first-order valence-corrected chi connectivity index (χ1v) is 8.89. The molecule has 0 bridgehead atoms. The molecule has 0 aromatic carbocycles.